The second kappa shape index (κ2) is 9.44. The van der Waals surface area contributed by atoms with Gasteiger partial charge in [-0.05, 0) is 23.3 Å². The Labute approximate surface area is 197 Å². The quantitative estimate of drug-likeness (QED) is 0.423. The third kappa shape index (κ3) is 4.12. The number of hydrogen-bond donors (Lipinski definition) is 1. The van der Waals surface area contributed by atoms with Crippen molar-refractivity contribution in [2.24, 2.45) is 7.05 Å². The number of piperazine rings is 1. The Hall–Kier alpha value is -3.43. The van der Waals surface area contributed by atoms with Gasteiger partial charge in [0.2, 0.25) is 5.95 Å². The van der Waals surface area contributed by atoms with E-state index in [1.54, 1.807) is 7.05 Å². The topological polar surface area (TPSA) is 88.4 Å². The number of aromatic nitrogens is 4. The second-order valence-corrected chi connectivity index (χ2v) is 8.65. The molecule has 2 aromatic heterocycles. The van der Waals surface area contributed by atoms with Gasteiger partial charge in [0, 0.05) is 52.9 Å². The van der Waals surface area contributed by atoms with Crippen LogP contribution in [0.5, 0.6) is 0 Å². The molecule has 1 aliphatic rings. The normalized spacial score (nSPS) is 14.9. The Morgan fingerprint density at radius 2 is 1.79 bits per heavy atom. The highest BCUT2D eigenvalue weighted by Crippen LogP contribution is 2.23. The number of benzene rings is 2. The van der Waals surface area contributed by atoms with E-state index in [1.807, 2.05) is 11.5 Å². The van der Waals surface area contributed by atoms with Crippen LogP contribution in [0.2, 0.25) is 0 Å². The number of hydrogen-bond acceptors (Lipinski definition) is 6. The van der Waals surface area contributed by atoms with Crippen LogP contribution >= 0.6 is 0 Å². The van der Waals surface area contributed by atoms with Crippen LogP contribution in [-0.2, 0) is 24.9 Å². The molecule has 34 heavy (non-hydrogen) atoms. The van der Waals surface area contributed by atoms with Gasteiger partial charge in [-0.1, -0.05) is 42.5 Å². The minimum Gasteiger partial charge on any atom is -0.380 e. The molecular formula is C25H30N6O3. The van der Waals surface area contributed by atoms with Crippen LogP contribution in [0.3, 0.4) is 0 Å². The van der Waals surface area contributed by atoms with Gasteiger partial charge in [-0.3, -0.25) is 19.2 Å². The minimum absolute atomic E-state index is 0.401. The van der Waals surface area contributed by atoms with Crippen molar-refractivity contribution in [2.75, 3.05) is 44.3 Å². The van der Waals surface area contributed by atoms with Gasteiger partial charge in [-0.2, -0.15) is 4.98 Å². The molecule has 0 saturated carbocycles. The first-order chi connectivity index (χ1) is 16.6. The summed E-state index contributed by atoms with van der Waals surface area (Å²) in [6, 6.07) is 15.0. The molecule has 4 aromatic rings. The highest BCUT2D eigenvalue weighted by Gasteiger charge is 2.25. The first-order valence-electron chi connectivity index (χ1n) is 11.8. The summed E-state index contributed by atoms with van der Waals surface area (Å²) < 4.78 is 8.84. The molecule has 0 unspecified atom stereocenters. The molecule has 0 atom stereocenters. The Balaban J connectivity index is 1.39. The van der Waals surface area contributed by atoms with E-state index in [-0.39, 0.29) is 0 Å². The first kappa shape index (κ1) is 22.4. The SMILES string of the molecule is CCOCCn1c(N2CCN(Cc3cccc4ccccc34)CC2)nc2c1c(=O)[nH]c(=O)n2C. The van der Waals surface area contributed by atoms with Gasteiger partial charge in [0.05, 0.1) is 6.61 Å². The predicted molar refractivity (Wildman–Crippen MR) is 134 cm³/mol. The van der Waals surface area contributed by atoms with Crippen molar-refractivity contribution in [1.29, 1.82) is 0 Å². The zero-order valence-corrected chi connectivity index (χ0v) is 19.7. The van der Waals surface area contributed by atoms with Crippen molar-refractivity contribution >= 4 is 27.9 Å². The average molecular weight is 463 g/mol. The molecule has 1 N–H and O–H groups in total. The zero-order chi connectivity index (χ0) is 23.7. The van der Waals surface area contributed by atoms with Crippen LogP contribution in [-0.4, -0.2) is 63.4 Å². The molecule has 178 valence electrons. The molecule has 0 amide bonds. The summed E-state index contributed by atoms with van der Waals surface area (Å²) in [6.07, 6.45) is 0. The average Bonchev–Trinajstić information content (AvgIpc) is 3.24. The van der Waals surface area contributed by atoms with Crippen LogP contribution in [0, 0.1) is 0 Å². The van der Waals surface area contributed by atoms with Gasteiger partial charge >= 0.3 is 5.69 Å². The second-order valence-electron chi connectivity index (χ2n) is 8.65. The largest absolute Gasteiger partial charge is 0.380 e. The van der Waals surface area contributed by atoms with E-state index in [2.05, 4.69) is 57.2 Å². The number of fused-ring (bicyclic) bond motifs is 2. The molecule has 0 radical (unpaired) electrons. The van der Waals surface area contributed by atoms with Gasteiger partial charge in [0.1, 0.15) is 0 Å². The lowest BCUT2D eigenvalue weighted by atomic mass is 10.0. The van der Waals surface area contributed by atoms with E-state index in [0.717, 1.165) is 32.7 Å². The zero-order valence-electron chi connectivity index (χ0n) is 19.7. The summed E-state index contributed by atoms with van der Waals surface area (Å²) in [4.78, 5) is 36.6. The highest BCUT2D eigenvalue weighted by atomic mass is 16.5. The minimum atomic E-state index is -0.460. The summed E-state index contributed by atoms with van der Waals surface area (Å²) in [7, 11) is 1.63. The summed E-state index contributed by atoms with van der Waals surface area (Å²) in [5, 5.41) is 2.56. The van der Waals surface area contributed by atoms with E-state index in [1.165, 1.54) is 20.9 Å². The van der Waals surface area contributed by atoms with Crippen molar-refractivity contribution < 1.29 is 4.74 Å². The fourth-order valence-corrected chi connectivity index (χ4v) is 4.75. The summed E-state index contributed by atoms with van der Waals surface area (Å²) in [5.41, 5.74) is 1.27. The molecule has 9 nitrogen and oxygen atoms in total. The van der Waals surface area contributed by atoms with Crippen molar-refractivity contribution in [3.05, 3.63) is 68.9 Å². The summed E-state index contributed by atoms with van der Waals surface area (Å²) in [5.74, 6) is 0.714. The van der Waals surface area contributed by atoms with Crippen molar-refractivity contribution in [2.45, 2.75) is 20.0 Å². The number of aryl methyl sites for hydroxylation is 1. The summed E-state index contributed by atoms with van der Waals surface area (Å²) in [6.45, 7) is 7.74. The Morgan fingerprint density at radius 3 is 2.59 bits per heavy atom. The number of aromatic amines is 1. The molecule has 1 fully saturated rings. The van der Waals surface area contributed by atoms with E-state index in [0.29, 0.717) is 36.9 Å². The van der Waals surface area contributed by atoms with E-state index < -0.39 is 11.2 Å². The number of ether oxygens (including phenoxy) is 1. The highest BCUT2D eigenvalue weighted by molar-refractivity contribution is 5.85. The summed E-state index contributed by atoms with van der Waals surface area (Å²) >= 11 is 0. The third-order valence-electron chi connectivity index (χ3n) is 6.58. The lowest BCUT2D eigenvalue weighted by Crippen LogP contribution is -2.47. The number of rotatable bonds is 7. The maximum Gasteiger partial charge on any atom is 0.329 e. The van der Waals surface area contributed by atoms with E-state index >= 15 is 0 Å². The van der Waals surface area contributed by atoms with Crippen molar-refractivity contribution in [3.8, 4) is 0 Å². The van der Waals surface area contributed by atoms with Gasteiger partial charge in [-0.25, -0.2) is 4.79 Å². The number of anilines is 1. The molecule has 9 heteroatoms. The third-order valence-corrected chi connectivity index (χ3v) is 6.58. The van der Waals surface area contributed by atoms with E-state index in [9.17, 15) is 9.59 Å². The fraction of sp³-hybridized carbons (Fsp3) is 0.400. The predicted octanol–water partition coefficient (Wildman–Crippen LogP) is 1.94. The Morgan fingerprint density at radius 1 is 1.03 bits per heavy atom. The number of nitrogens with one attached hydrogen (secondary N) is 1. The van der Waals surface area contributed by atoms with Gasteiger partial charge in [-0.15, -0.1) is 0 Å². The molecular weight excluding hydrogens is 432 g/mol. The molecule has 1 aliphatic heterocycles. The number of nitrogens with zero attached hydrogens (tertiary/aromatic N) is 5. The van der Waals surface area contributed by atoms with Crippen LogP contribution in [0.1, 0.15) is 12.5 Å². The van der Waals surface area contributed by atoms with Gasteiger partial charge in [0.15, 0.2) is 11.2 Å². The van der Waals surface area contributed by atoms with Crippen LogP contribution < -0.4 is 16.1 Å². The lowest BCUT2D eigenvalue weighted by Gasteiger charge is -2.35. The molecule has 0 spiro atoms. The fourth-order valence-electron chi connectivity index (χ4n) is 4.75. The van der Waals surface area contributed by atoms with Crippen molar-refractivity contribution in [1.82, 2.24) is 24.0 Å². The smallest absolute Gasteiger partial charge is 0.329 e. The van der Waals surface area contributed by atoms with Crippen LogP contribution in [0.25, 0.3) is 21.9 Å². The van der Waals surface area contributed by atoms with Crippen LogP contribution in [0.15, 0.2) is 52.1 Å². The Kier molecular flexibility index (Phi) is 6.21. The van der Waals surface area contributed by atoms with E-state index in [4.69, 9.17) is 9.72 Å². The maximum absolute atomic E-state index is 12.7. The van der Waals surface area contributed by atoms with Gasteiger partial charge in [0.25, 0.3) is 5.56 Å². The molecule has 1 saturated heterocycles. The molecule has 3 heterocycles. The standard InChI is InChI=1S/C25H30N6O3/c1-3-34-16-15-31-21-22(28(2)25(33)27-23(21)32)26-24(31)30-13-11-29(12-14-30)17-19-9-6-8-18-7-4-5-10-20(18)19/h4-10H,3,11-17H2,1-2H3,(H,27,32,33). The number of H-pyrrole nitrogens is 1. The molecule has 0 aliphatic carbocycles. The molecule has 2 aromatic carbocycles. The van der Waals surface area contributed by atoms with Gasteiger partial charge < -0.3 is 14.2 Å². The van der Waals surface area contributed by atoms with Crippen LogP contribution in [0.4, 0.5) is 5.95 Å². The lowest BCUT2D eigenvalue weighted by molar-refractivity contribution is 0.140. The monoisotopic (exact) mass is 462 g/mol. The number of imidazole rings is 1. The van der Waals surface area contributed by atoms with Crippen molar-refractivity contribution in [3.63, 3.8) is 0 Å². The molecule has 0 bridgehead atoms. The Bertz CT molecular complexity index is 1420. The molecule has 5 rings (SSSR count). The first-order valence-corrected chi connectivity index (χ1v) is 11.8. The maximum atomic E-state index is 12.7.